The van der Waals surface area contributed by atoms with Gasteiger partial charge in [0.15, 0.2) is 17.9 Å². The SMILES string of the molecule is O=Cc1c(-c2nc(N3CCCN(CCO)CC3)nc(C(Cl)(Cl)Cl)n2)ccc2ccccc12. The lowest BCUT2D eigenvalue weighted by molar-refractivity contribution is 0.112. The van der Waals surface area contributed by atoms with Crippen molar-refractivity contribution in [3.8, 4) is 11.4 Å². The second-order valence-corrected chi connectivity index (χ2v) is 9.83. The average Bonchev–Trinajstić information content (AvgIpc) is 3.03. The second kappa shape index (κ2) is 9.85. The van der Waals surface area contributed by atoms with E-state index in [0.29, 0.717) is 36.7 Å². The fourth-order valence-electron chi connectivity index (χ4n) is 3.91. The molecule has 0 bridgehead atoms. The number of hydrogen-bond acceptors (Lipinski definition) is 7. The van der Waals surface area contributed by atoms with E-state index in [0.717, 1.165) is 36.6 Å². The Morgan fingerprint density at radius 2 is 1.81 bits per heavy atom. The molecule has 10 heteroatoms. The van der Waals surface area contributed by atoms with Crippen LogP contribution in [0.5, 0.6) is 0 Å². The zero-order chi connectivity index (χ0) is 22.7. The quantitative estimate of drug-likeness (QED) is 0.426. The fourth-order valence-corrected chi connectivity index (χ4v) is 4.16. The van der Waals surface area contributed by atoms with Gasteiger partial charge in [0.05, 0.1) is 6.61 Å². The molecule has 0 spiro atoms. The van der Waals surface area contributed by atoms with Gasteiger partial charge in [-0.25, -0.2) is 4.98 Å². The van der Waals surface area contributed by atoms with Gasteiger partial charge >= 0.3 is 0 Å². The third kappa shape index (κ3) is 4.97. The summed E-state index contributed by atoms with van der Waals surface area (Å²) >= 11 is 18.4. The van der Waals surface area contributed by atoms with Gasteiger partial charge in [-0.2, -0.15) is 9.97 Å². The molecule has 0 radical (unpaired) electrons. The number of aldehydes is 1. The van der Waals surface area contributed by atoms with Crippen LogP contribution in [0.4, 0.5) is 5.95 Å². The van der Waals surface area contributed by atoms with Crippen molar-refractivity contribution in [2.24, 2.45) is 0 Å². The van der Waals surface area contributed by atoms with Crippen molar-refractivity contribution in [3.05, 3.63) is 47.8 Å². The molecule has 1 aromatic heterocycles. The molecule has 1 fully saturated rings. The van der Waals surface area contributed by atoms with Crippen LogP contribution in [0.2, 0.25) is 0 Å². The molecule has 0 unspecified atom stereocenters. The minimum atomic E-state index is -1.85. The lowest BCUT2D eigenvalue weighted by atomic mass is 9.99. The molecule has 168 valence electrons. The molecule has 3 aromatic rings. The standard InChI is InChI=1S/C22H22Cl3N5O2/c23-22(24,25)20-26-19(17-7-6-15-4-1-2-5-16(15)18(17)14-32)27-21(28-20)30-9-3-8-29(10-11-30)12-13-31/h1-2,4-7,14,31H,3,8-13H2. The van der Waals surface area contributed by atoms with E-state index in [2.05, 4.69) is 19.9 Å². The largest absolute Gasteiger partial charge is 0.395 e. The molecule has 7 nitrogen and oxygen atoms in total. The van der Waals surface area contributed by atoms with Crippen LogP contribution >= 0.6 is 34.8 Å². The van der Waals surface area contributed by atoms with Crippen LogP contribution in [0.3, 0.4) is 0 Å². The second-order valence-electron chi connectivity index (χ2n) is 7.55. The summed E-state index contributed by atoms with van der Waals surface area (Å²) in [5, 5.41) is 11.0. The third-order valence-corrected chi connectivity index (χ3v) is 6.00. The Labute approximate surface area is 200 Å². The molecule has 0 amide bonds. The van der Waals surface area contributed by atoms with Crippen molar-refractivity contribution in [1.29, 1.82) is 0 Å². The van der Waals surface area contributed by atoms with Crippen molar-refractivity contribution >= 4 is 57.8 Å². The summed E-state index contributed by atoms with van der Waals surface area (Å²) in [6.45, 7) is 3.72. The van der Waals surface area contributed by atoms with E-state index in [9.17, 15) is 9.90 Å². The Morgan fingerprint density at radius 3 is 2.56 bits per heavy atom. The van der Waals surface area contributed by atoms with Gasteiger partial charge in [-0.05, 0) is 29.8 Å². The highest BCUT2D eigenvalue weighted by Crippen LogP contribution is 2.38. The highest BCUT2D eigenvalue weighted by atomic mass is 35.6. The van der Waals surface area contributed by atoms with Crippen molar-refractivity contribution in [2.45, 2.75) is 10.2 Å². The summed E-state index contributed by atoms with van der Waals surface area (Å²) in [6.07, 6.45) is 1.68. The van der Waals surface area contributed by atoms with Crippen molar-refractivity contribution < 1.29 is 9.90 Å². The number of nitrogens with zero attached hydrogens (tertiary/aromatic N) is 5. The minimum absolute atomic E-state index is 0.00367. The number of carbonyl (C=O) groups excluding carboxylic acids is 1. The normalized spacial score (nSPS) is 15.7. The number of carbonyl (C=O) groups is 1. The molecule has 0 aliphatic carbocycles. The molecule has 32 heavy (non-hydrogen) atoms. The van der Waals surface area contributed by atoms with Crippen LogP contribution in [0.25, 0.3) is 22.2 Å². The molecule has 1 aliphatic rings. The summed E-state index contributed by atoms with van der Waals surface area (Å²) in [5.41, 5.74) is 1.02. The van der Waals surface area contributed by atoms with Crippen molar-refractivity contribution in [1.82, 2.24) is 19.9 Å². The van der Waals surface area contributed by atoms with Crippen LogP contribution in [0.15, 0.2) is 36.4 Å². The van der Waals surface area contributed by atoms with Gasteiger partial charge in [0.25, 0.3) is 0 Å². The van der Waals surface area contributed by atoms with Crippen molar-refractivity contribution in [2.75, 3.05) is 44.2 Å². The van der Waals surface area contributed by atoms with E-state index in [1.54, 1.807) is 6.07 Å². The van der Waals surface area contributed by atoms with Gasteiger partial charge < -0.3 is 10.0 Å². The number of benzene rings is 2. The maximum atomic E-state index is 12.0. The summed E-state index contributed by atoms with van der Waals surface area (Å²) < 4.78 is -1.85. The summed E-state index contributed by atoms with van der Waals surface area (Å²) in [6, 6.07) is 11.3. The molecule has 2 aromatic carbocycles. The number of hydrogen-bond donors (Lipinski definition) is 1. The summed E-state index contributed by atoms with van der Waals surface area (Å²) in [5.74, 6) is 0.678. The van der Waals surface area contributed by atoms with Crippen molar-refractivity contribution in [3.63, 3.8) is 0 Å². The van der Waals surface area contributed by atoms with Crippen LogP contribution in [-0.4, -0.2) is 70.6 Å². The van der Waals surface area contributed by atoms with Gasteiger partial charge in [-0.15, -0.1) is 0 Å². The Balaban J connectivity index is 1.80. The lowest BCUT2D eigenvalue weighted by Crippen LogP contribution is -2.33. The van der Waals surface area contributed by atoms with Gasteiger partial charge in [-0.1, -0.05) is 65.1 Å². The first-order chi connectivity index (χ1) is 15.4. The third-order valence-electron chi connectivity index (χ3n) is 5.49. The molecular formula is C22H22Cl3N5O2. The first-order valence-corrected chi connectivity index (χ1v) is 11.4. The molecule has 1 N–H and O–H groups in total. The molecule has 1 saturated heterocycles. The Morgan fingerprint density at radius 1 is 1.00 bits per heavy atom. The Kier molecular flexibility index (Phi) is 7.12. The number of aliphatic hydroxyl groups is 1. The van der Waals surface area contributed by atoms with Crippen LogP contribution in [-0.2, 0) is 3.79 Å². The smallest absolute Gasteiger partial charge is 0.250 e. The average molecular weight is 495 g/mol. The summed E-state index contributed by atoms with van der Waals surface area (Å²) in [7, 11) is 0. The number of aliphatic hydroxyl groups excluding tert-OH is 1. The number of alkyl halides is 3. The number of fused-ring (bicyclic) bond motifs is 1. The van der Waals surface area contributed by atoms with Gasteiger partial charge in [0.2, 0.25) is 9.74 Å². The lowest BCUT2D eigenvalue weighted by Gasteiger charge is -2.23. The highest BCUT2D eigenvalue weighted by molar-refractivity contribution is 6.66. The number of halogens is 3. The van der Waals surface area contributed by atoms with Gasteiger partial charge in [-0.3, -0.25) is 9.69 Å². The van der Waals surface area contributed by atoms with E-state index >= 15 is 0 Å². The van der Waals surface area contributed by atoms with Crippen LogP contribution in [0, 0.1) is 0 Å². The summed E-state index contributed by atoms with van der Waals surface area (Å²) in [4.78, 5) is 29.8. The highest BCUT2D eigenvalue weighted by Gasteiger charge is 2.30. The first-order valence-electron chi connectivity index (χ1n) is 10.3. The molecular weight excluding hydrogens is 473 g/mol. The molecule has 4 rings (SSSR count). The molecule has 0 atom stereocenters. The van der Waals surface area contributed by atoms with E-state index in [-0.39, 0.29) is 18.3 Å². The van der Waals surface area contributed by atoms with Crippen LogP contribution < -0.4 is 4.90 Å². The number of β-amino-alcohol motifs (C(OH)–C–C–N with tert-alkyl or cyclic N) is 1. The number of anilines is 1. The predicted octanol–water partition coefficient (Wildman–Crippen LogP) is 3.84. The maximum absolute atomic E-state index is 12.0. The van der Waals surface area contributed by atoms with Gasteiger partial charge in [0.1, 0.15) is 0 Å². The number of aromatic nitrogens is 3. The number of rotatable bonds is 5. The zero-order valence-corrected chi connectivity index (χ0v) is 19.5. The van der Waals surface area contributed by atoms with E-state index < -0.39 is 3.79 Å². The first kappa shape index (κ1) is 23.1. The molecule has 0 saturated carbocycles. The zero-order valence-electron chi connectivity index (χ0n) is 17.2. The van der Waals surface area contributed by atoms with E-state index in [4.69, 9.17) is 34.8 Å². The van der Waals surface area contributed by atoms with Gasteiger partial charge in [0, 0.05) is 37.3 Å². The fraction of sp³-hybridized carbons (Fsp3) is 0.364. The maximum Gasteiger partial charge on any atom is 0.250 e. The monoisotopic (exact) mass is 493 g/mol. The molecule has 2 heterocycles. The van der Waals surface area contributed by atoms with Crippen LogP contribution in [0.1, 0.15) is 22.6 Å². The Hall–Kier alpha value is -2.03. The van der Waals surface area contributed by atoms with E-state index in [1.165, 1.54) is 0 Å². The van der Waals surface area contributed by atoms with E-state index in [1.807, 2.05) is 35.2 Å². The predicted molar refractivity (Wildman–Crippen MR) is 128 cm³/mol. The molecule has 1 aliphatic heterocycles. The minimum Gasteiger partial charge on any atom is -0.395 e. The topological polar surface area (TPSA) is 82.5 Å². The Bertz CT molecular complexity index is 1120.